The molecule has 4 unspecified atom stereocenters. The minimum Gasteiger partial charge on any atom is -0.258 e. The Balaban J connectivity index is 1.20. The number of rotatable bonds is 5. The maximum atomic E-state index is 10.7. The number of non-ortho nitro benzene ring substituents is 1. The van der Waals surface area contributed by atoms with Crippen molar-refractivity contribution in [2.24, 2.45) is 44.7 Å². The quantitative estimate of drug-likeness (QED) is 0.188. The Kier molecular flexibility index (Phi) is 6.78. The van der Waals surface area contributed by atoms with Crippen LogP contribution in [0.4, 0.5) is 5.69 Å². The second-order valence-electron chi connectivity index (χ2n) is 11.8. The first-order chi connectivity index (χ1) is 16.9. The van der Waals surface area contributed by atoms with Crippen LogP contribution in [0.5, 0.6) is 0 Å². The van der Waals surface area contributed by atoms with E-state index in [1.54, 1.807) is 18.3 Å². The first kappa shape index (κ1) is 24.1. The van der Waals surface area contributed by atoms with Crippen LogP contribution in [0.3, 0.4) is 0 Å². The van der Waals surface area contributed by atoms with Gasteiger partial charge >= 0.3 is 0 Å². The highest BCUT2D eigenvalue weighted by atomic mass is 16.6. The Morgan fingerprint density at radius 2 is 1.77 bits per heavy atom. The van der Waals surface area contributed by atoms with Crippen molar-refractivity contribution in [3.8, 4) is 0 Å². The predicted octanol–water partition coefficient (Wildman–Crippen LogP) is 8.02. The van der Waals surface area contributed by atoms with Gasteiger partial charge in [-0.15, -0.1) is 0 Å². The van der Waals surface area contributed by atoms with Crippen molar-refractivity contribution in [2.75, 3.05) is 0 Å². The third kappa shape index (κ3) is 4.54. The zero-order chi connectivity index (χ0) is 24.5. The van der Waals surface area contributed by atoms with Gasteiger partial charge in [0.15, 0.2) is 0 Å². The molecule has 0 aliphatic heterocycles. The van der Waals surface area contributed by atoms with Crippen LogP contribution in [-0.4, -0.2) is 16.8 Å². The normalized spacial score (nSPS) is 38.2. The number of nitro benzene ring substituents is 1. The number of hydrogen-bond acceptors (Lipinski definition) is 4. The van der Waals surface area contributed by atoms with Crippen LogP contribution >= 0.6 is 0 Å². The van der Waals surface area contributed by atoms with E-state index in [4.69, 9.17) is 5.10 Å². The maximum Gasteiger partial charge on any atom is 0.269 e. The summed E-state index contributed by atoms with van der Waals surface area (Å²) in [5.74, 6) is 3.57. The second-order valence-corrected chi connectivity index (χ2v) is 11.8. The Hall–Kier alpha value is -2.56. The minimum atomic E-state index is -0.383. The third-order valence-electron chi connectivity index (χ3n) is 10.3. The summed E-state index contributed by atoms with van der Waals surface area (Å²) in [4.78, 5) is 10.4. The lowest BCUT2D eigenvalue weighted by atomic mass is 9.45. The van der Waals surface area contributed by atoms with Crippen molar-refractivity contribution in [2.45, 2.75) is 78.1 Å². The molecule has 5 rings (SSSR count). The third-order valence-corrected chi connectivity index (χ3v) is 10.3. The molecule has 0 radical (unpaired) electrons. The highest BCUT2D eigenvalue weighted by Gasteiger charge is 2.58. The predicted molar refractivity (Wildman–Crippen MR) is 144 cm³/mol. The summed E-state index contributed by atoms with van der Waals surface area (Å²) in [5.41, 5.74) is 3.18. The fourth-order valence-electron chi connectivity index (χ4n) is 8.38. The van der Waals surface area contributed by atoms with Gasteiger partial charge in [0.2, 0.25) is 0 Å². The van der Waals surface area contributed by atoms with E-state index in [2.05, 4.69) is 18.9 Å². The monoisotopic (exact) mass is 473 g/mol. The largest absolute Gasteiger partial charge is 0.269 e. The number of nitrogens with zero attached hydrogens (tertiary/aromatic N) is 3. The fraction of sp³-hybridized carbons (Fsp3) is 0.600. The summed E-state index contributed by atoms with van der Waals surface area (Å²) in [6.45, 7) is 5.13. The number of nitro groups is 1. The first-order valence-electron chi connectivity index (χ1n) is 13.6. The number of allylic oxidation sites excluding steroid dienone is 3. The van der Waals surface area contributed by atoms with Crippen molar-refractivity contribution in [1.82, 2.24) is 0 Å². The minimum absolute atomic E-state index is 0.108. The fourth-order valence-corrected chi connectivity index (χ4v) is 8.38. The van der Waals surface area contributed by atoms with E-state index in [0.29, 0.717) is 5.41 Å². The lowest BCUT2D eigenvalue weighted by Crippen LogP contribution is -2.52. The lowest BCUT2D eigenvalue weighted by Gasteiger charge is -2.59. The van der Waals surface area contributed by atoms with Gasteiger partial charge in [-0.1, -0.05) is 44.9 Å². The average molecular weight is 474 g/mol. The highest BCUT2D eigenvalue weighted by molar-refractivity contribution is 5.92. The van der Waals surface area contributed by atoms with E-state index in [9.17, 15) is 10.1 Å². The summed E-state index contributed by atoms with van der Waals surface area (Å²) in [7, 11) is 0. The summed E-state index contributed by atoms with van der Waals surface area (Å²) in [5, 5.41) is 19.9. The molecule has 0 spiro atoms. The van der Waals surface area contributed by atoms with E-state index in [1.807, 2.05) is 24.3 Å². The molecular formula is C30H39N3O2. The van der Waals surface area contributed by atoms with Gasteiger partial charge in [0, 0.05) is 29.5 Å². The van der Waals surface area contributed by atoms with Gasteiger partial charge in [0.25, 0.3) is 5.69 Å². The molecule has 4 saturated carbocycles. The zero-order valence-corrected chi connectivity index (χ0v) is 21.2. The summed E-state index contributed by atoms with van der Waals surface area (Å²) in [6, 6.07) is 6.53. The average Bonchev–Trinajstić information content (AvgIpc) is 3.19. The van der Waals surface area contributed by atoms with Crippen molar-refractivity contribution < 1.29 is 4.92 Å². The summed E-state index contributed by atoms with van der Waals surface area (Å²) < 4.78 is 0. The van der Waals surface area contributed by atoms with Gasteiger partial charge in [-0.05, 0) is 104 Å². The van der Waals surface area contributed by atoms with Crippen molar-refractivity contribution in [3.63, 3.8) is 0 Å². The van der Waals surface area contributed by atoms with Crippen LogP contribution in [0.2, 0.25) is 0 Å². The number of fused-ring (bicyclic) bond motifs is 5. The topological polar surface area (TPSA) is 67.9 Å². The molecule has 186 valence electrons. The van der Waals surface area contributed by atoms with Gasteiger partial charge in [-0.3, -0.25) is 10.1 Å². The van der Waals surface area contributed by atoms with Gasteiger partial charge < -0.3 is 0 Å². The van der Waals surface area contributed by atoms with Gasteiger partial charge in [-0.25, -0.2) is 0 Å². The summed E-state index contributed by atoms with van der Waals surface area (Å²) in [6.07, 6.45) is 23.2. The molecule has 0 aromatic heterocycles. The molecule has 1 aromatic carbocycles. The van der Waals surface area contributed by atoms with Crippen LogP contribution in [0.15, 0.2) is 52.7 Å². The molecule has 5 heteroatoms. The molecule has 1 aromatic rings. The molecule has 6 atom stereocenters. The van der Waals surface area contributed by atoms with Gasteiger partial charge in [0.05, 0.1) is 4.92 Å². The van der Waals surface area contributed by atoms with E-state index in [1.165, 1.54) is 75.6 Å². The first-order valence-corrected chi connectivity index (χ1v) is 13.6. The van der Waals surface area contributed by atoms with Crippen LogP contribution in [0.25, 0.3) is 6.08 Å². The molecule has 0 N–H and O–H groups in total. The molecule has 0 amide bonds. The van der Waals surface area contributed by atoms with E-state index < -0.39 is 0 Å². The number of benzene rings is 1. The SMILES string of the molecule is C[C@]12CCCCC1CCC1C2CC[C@]2(C)/C(=N/N=C/C=C/C=C/c3ccc([N+](=O)[O-])cc3)CCC12. The van der Waals surface area contributed by atoms with Crippen LogP contribution in [0, 0.1) is 44.6 Å². The van der Waals surface area contributed by atoms with E-state index >= 15 is 0 Å². The van der Waals surface area contributed by atoms with Gasteiger partial charge in [0.1, 0.15) is 0 Å². The second kappa shape index (κ2) is 9.83. The molecule has 4 fully saturated rings. The Morgan fingerprint density at radius 3 is 2.57 bits per heavy atom. The van der Waals surface area contributed by atoms with Crippen molar-refractivity contribution in [1.29, 1.82) is 0 Å². The van der Waals surface area contributed by atoms with Crippen molar-refractivity contribution >= 4 is 23.7 Å². The molecule has 5 nitrogen and oxygen atoms in total. The molecule has 35 heavy (non-hydrogen) atoms. The van der Waals surface area contributed by atoms with Crippen LogP contribution < -0.4 is 0 Å². The van der Waals surface area contributed by atoms with E-state index in [0.717, 1.165) is 35.7 Å². The smallest absolute Gasteiger partial charge is 0.258 e. The standard InChI is InChI=1S/C30H39N3O2/c1-29-19-6-5-9-23(29)12-15-25-26-16-17-28(30(26,2)20-18-27(25)29)32-31-21-7-3-4-8-22-10-13-24(14-11-22)33(34)35/h3-4,7-8,10-11,13-14,21,23,25-27H,5-6,9,12,15-20H2,1-2H3/b7-3+,8-4+,31-21+,32-28+/t23?,25?,26?,27?,29-,30-/m0/s1. The molecule has 0 bridgehead atoms. The highest BCUT2D eigenvalue weighted by Crippen LogP contribution is 2.65. The molecule has 0 saturated heterocycles. The van der Waals surface area contributed by atoms with Gasteiger partial charge in [-0.2, -0.15) is 10.2 Å². The molecule has 4 aliphatic rings. The Morgan fingerprint density at radius 1 is 0.943 bits per heavy atom. The summed E-state index contributed by atoms with van der Waals surface area (Å²) >= 11 is 0. The van der Waals surface area contributed by atoms with Crippen LogP contribution in [-0.2, 0) is 0 Å². The zero-order valence-electron chi connectivity index (χ0n) is 21.2. The lowest BCUT2D eigenvalue weighted by molar-refractivity contribution is -0.384. The van der Waals surface area contributed by atoms with Crippen LogP contribution in [0.1, 0.15) is 83.6 Å². The molecule has 0 heterocycles. The Labute approximate surface area is 209 Å². The maximum absolute atomic E-state index is 10.7. The molecule has 4 aliphatic carbocycles. The van der Waals surface area contributed by atoms with E-state index in [-0.39, 0.29) is 16.0 Å². The van der Waals surface area contributed by atoms with Crippen molar-refractivity contribution in [3.05, 3.63) is 58.2 Å². The molecular weight excluding hydrogens is 434 g/mol. The number of hydrogen-bond donors (Lipinski definition) is 0. The Bertz CT molecular complexity index is 1060.